The van der Waals surface area contributed by atoms with E-state index in [-0.39, 0.29) is 5.84 Å². The average Bonchev–Trinajstić information content (AvgIpc) is 2.46. The minimum Gasteiger partial charge on any atom is -0.358 e. The lowest BCUT2D eigenvalue weighted by Crippen LogP contribution is -3.13. The second-order valence-corrected chi connectivity index (χ2v) is 5.81. The maximum atomic E-state index is 11.1. The van der Waals surface area contributed by atoms with Crippen molar-refractivity contribution in [3.63, 3.8) is 0 Å². The van der Waals surface area contributed by atoms with Crippen LogP contribution in [0.5, 0.6) is 0 Å². The Labute approximate surface area is 126 Å². The molecule has 1 aliphatic rings. The fourth-order valence-electron chi connectivity index (χ4n) is 2.25. The van der Waals surface area contributed by atoms with Crippen LogP contribution in [0.3, 0.4) is 0 Å². The Morgan fingerprint density at radius 3 is 2.55 bits per heavy atom. The molecule has 0 unspecified atom stereocenters. The molecule has 6 nitrogen and oxygen atoms in total. The van der Waals surface area contributed by atoms with Gasteiger partial charge in [0.15, 0.2) is 6.54 Å². The fourth-order valence-corrected chi connectivity index (χ4v) is 2.51. The molecule has 1 saturated heterocycles. The summed E-state index contributed by atoms with van der Waals surface area (Å²) in [5, 5.41) is 15.0. The van der Waals surface area contributed by atoms with E-state index in [2.05, 4.69) is 26.5 Å². The summed E-state index contributed by atoms with van der Waals surface area (Å²) in [5.74, 6) is -0.00943. The number of hydrazone groups is 1. The third kappa shape index (κ3) is 4.57. The van der Waals surface area contributed by atoms with E-state index in [0.717, 1.165) is 36.1 Å². The van der Waals surface area contributed by atoms with Gasteiger partial charge in [-0.15, -0.1) is 0 Å². The van der Waals surface area contributed by atoms with Crippen LogP contribution in [0.25, 0.3) is 0 Å². The third-order valence-electron chi connectivity index (χ3n) is 3.34. The molecule has 108 valence electrons. The molecule has 1 heterocycles. The van der Waals surface area contributed by atoms with Gasteiger partial charge >= 0.3 is 5.84 Å². The van der Waals surface area contributed by atoms with Crippen molar-refractivity contribution in [3.05, 3.63) is 38.9 Å². The highest BCUT2D eigenvalue weighted by molar-refractivity contribution is 9.10. The smallest absolute Gasteiger partial charge is 0.358 e. The summed E-state index contributed by atoms with van der Waals surface area (Å²) in [5.41, 5.74) is 3.49. The van der Waals surface area contributed by atoms with Gasteiger partial charge in [0.1, 0.15) is 0 Å². The molecule has 0 spiro atoms. The molecular weight excluding hydrogens is 324 g/mol. The summed E-state index contributed by atoms with van der Waals surface area (Å²) in [6.07, 6.45) is 3.51. The van der Waals surface area contributed by atoms with E-state index in [1.807, 2.05) is 24.3 Å². The predicted octanol–water partition coefficient (Wildman–Crippen LogP) is 1.52. The van der Waals surface area contributed by atoms with Crippen LogP contribution in [0.4, 0.5) is 5.69 Å². The Morgan fingerprint density at radius 1 is 1.30 bits per heavy atom. The molecular formula is C13H18BrN4O2+. The summed E-state index contributed by atoms with van der Waals surface area (Å²) in [7, 11) is 0. The van der Waals surface area contributed by atoms with Crippen molar-refractivity contribution in [2.24, 2.45) is 5.10 Å². The second-order valence-electron chi connectivity index (χ2n) is 4.89. The van der Waals surface area contributed by atoms with Crippen LogP contribution >= 0.6 is 15.9 Å². The zero-order chi connectivity index (χ0) is 14.4. The van der Waals surface area contributed by atoms with Gasteiger partial charge in [0.25, 0.3) is 0 Å². The molecule has 2 N–H and O–H groups in total. The Balaban J connectivity index is 1.98. The third-order valence-corrected chi connectivity index (χ3v) is 3.87. The lowest BCUT2D eigenvalue weighted by atomic mass is 10.1. The number of halogens is 1. The number of anilines is 1. The van der Waals surface area contributed by atoms with Crippen LogP contribution in [-0.2, 0) is 0 Å². The number of hydrogen-bond acceptors (Lipinski definition) is 4. The number of rotatable bonds is 4. The summed E-state index contributed by atoms with van der Waals surface area (Å²) in [6, 6.07) is 7.36. The normalized spacial score (nSPS) is 16.9. The topological polar surface area (TPSA) is 72.0 Å². The quantitative estimate of drug-likeness (QED) is 0.377. The molecule has 20 heavy (non-hydrogen) atoms. The molecule has 7 heteroatoms. The minimum atomic E-state index is -0.395. The van der Waals surface area contributed by atoms with Crippen molar-refractivity contribution in [2.75, 3.05) is 25.1 Å². The zero-order valence-electron chi connectivity index (χ0n) is 11.1. The Bertz CT molecular complexity index is 484. The highest BCUT2D eigenvalue weighted by Gasteiger charge is 2.23. The van der Waals surface area contributed by atoms with Crippen LogP contribution in [0.15, 0.2) is 33.8 Å². The van der Waals surface area contributed by atoms with Crippen molar-refractivity contribution in [1.29, 1.82) is 0 Å². The molecule has 1 aromatic carbocycles. The van der Waals surface area contributed by atoms with Gasteiger partial charge in [-0.2, -0.15) is 5.43 Å². The standard InChI is InChI=1S/C13H17BrN4O2/c14-11-4-6-12(7-5-11)15-16-13(18(19)20)10-17-8-2-1-3-9-17/h4-7,15H,1-3,8-10H2/p+1/b16-13+. The number of likely N-dealkylation sites (tertiary alicyclic amines) is 1. The zero-order valence-corrected chi connectivity index (χ0v) is 12.7. The number of nitrogens with one attached hydrogen (secondary N) is 2. The predicted molar refractivity (Wildman–Crippen MR) is 81.6 cm³/mol. The van der Waals surface area contributed by atoms with Gasteiger partial charge in [0.2, 0.25) is 0 Å². The number of nitro groups is 1. The number of amidine groups is 1. The number of hydrogen-bond donors (Lipinski definition) is 2. The Kier molecular flexibility index (Phi) is 5.49. The van der Waals surface area contributed by atoms with Crippen LogP contribution in [0.1, 0.15) is 19.3 Å². The van der Waals surface area contributed by atoms with Gasteiger partial charge in [-0.1, -0.05) is 15.9 Å². The molecule has 0 aromatic heterocycles. The van der Waals surface area contributed by atoms with Gasteiger partial charge in [0.05, 0.1) is 23.9 Å². The number of piperidine rings is 1. The summed E-state index contributed by atoms with van der Waals surface area (Å²) >= 11 is 3.34. The van der Waals surface area contributed by atoms with E-state index < -0.39 is 4.92 Å². The van der Waals surface area contributed by atoms with Crippen LogP contribution in [-0.4, -0.2) is 30.4 Å². The number of quaternary nitrogens is 1. The Hall–Kier alpha value is -1.47. The summed E-state index contributed by atoms with van der Waals surface area (Å²) in [6.45, 7) is 2.35. The average molecular weight is 342 g/mol. The van der Waals surface area contributed by atoms with Gasteiger partial charge in [-0.25, -0.2) is 0 Å². The maximum Gasteiger partial charge on any atom is 0.418 e. The number of benzene rings is 1. The highest BCUT2D eigenvalue weighted by atomic mass is 79.9. The van der Waals surface area contributed by atoms with Crippen molar-refractivity contribution < 1.29 is 9.82 Å². The molecule has 0 aliphatic carbocycles. The van der Waals surface area contributed by atoms with Crippen LogP contribution < -0.4 is 10.3 Å². The van der Waals surface area contributed by atoms with E-state index in [9.17, 15) is 10.1 Å². The summed E-state index contributed by atoms with van der Waals surface area (Å²) < 4.78 is 0.958. The van der Waals surface area contributed by atoms with Crippen LogP contribution in [0.2, 0.25) is 0 Å². The van der Waals surface area contributed by atoms with E-state index >= 15 is 0 Å². The highest BCUT2D eigenvalue weighted by Crippen LogP contribution is 2.13. The van der Waals surface area contributed by atoms with Crippen molar-refractivity contribution >= 4 is 27.5 Å². The van der Waals surface area contributed by atoms with Crippen molar-refractivity contribution in [1.82, 2.24) is 0 Å². The SMILES string of the molecule is O=[N+]([O-])/C(C[NH+]1CCCCC1)=N/Nc1ccc(Br)cc1. The first kappa shape index (κ1) is 14.9. The molecule has 0 radical (unpaired) electrons. The molecule has 0 saturated carbocycles. The van der Waals surface area contributed by atoms with Gasteiger partial charge < -0.3 is 15.0 Å². The molecule has 0 atom stereocenters. The maximum absolute atomic E-state index is 11.1. The van der Waals surface area contributed by atoms with Crippen molar-refractivity contribution in [2.45, 2.75) is 19.3 Å². The van der Waals surface area contributed by atoms with Crippen molar-refractivity contribution in [3.8, 4) is 0 Å². The Morgan fingerprint density at radius 2 is 1.95 bits per heavy atom. The van der Waals surface area contributed by atoms with E-state index in [4.69, 9.17) is 0 Å². The van der Waals surface area contributed by atoms with E-state index in [1.54, 1.807) is 0 Å². The van der Waals surface area contributed by atoms with E-state index in [1.165, 1.54) is 11.3 Å². The van der Waals surface area contributed by atoms with Gasteiger partial charge in [0, 0.05) is 4.47 Å². The largest absolute Gasteiger partial charge is 0.418 e. The molecule has 1 aromatic rings. The fraction of sp³-hybridized carbons (Fsp3) is 0.462. The van der Waals surface area contributed by atoms with Crippen LogP contribution in [0, 0.1) is 10.1 Å². The monoisotopic (exact) mass is 341 g/mol. The van der Waals surface area contributed by atoms with E-state index in [0.29, 0.717) is 6.54 Å². The lowest BCUT2D eigenvalue weighted by Gasteiger charge is -2.21. The first-order valence-electron chi connectivity index (χ1n) is 6.71. The molecule has 0 bridgehead atoms. The first-order chi connectivity index (χ1) is 9.65. The lowest BCUT2D eigenvalue weighted by molar-refractivity contribution is -0.898. The first-order valence-corrected chi connectivity index (χ1v) is 7.50. The van der Waals surface area contributed by atoms with Gasteiger partial charge in [-0.3, -0.25) is 0 Å². The molecule has 1 fully saturated rings. The molecule has 2 rings (SSSR count). The number of nitrogens with zero attached hydrogens (tertiary/aromatic N) is 2. The second kappa shape index (κ2) is 7.35. The van der Waals surface area contributed by atoms with Gasteiger partial charge in [-0.05, 0) is 48.5 Å². The minimum absolute atomic E-state index is 0.00943. The molecule has 1 aliphatic heterocycles. The molecule has 0 amide bonds. The summed E-state index contributed by atoms with van der Waals surface area (Å²) in [4.78, 5) is 11.9.